The lowest BCUT2D eigenvalue weighted by molar-refractivity contribution is 0.210. The Morgan fingerprint density at radius 2 is 1.64 bits per heavy atom. The maximum Gasteiger partial charge on any atom is 0.0109 e. The molecule has 0 aromatic heterocycles. The Labute approximate surface area is 89.5 Å². The zero-order valence-corrected chi connectivity index (χ0v) is 10.7. The molecule has 2 unspecified atom stereocenters. The van der Waals surface area contributed by atoms with Crippen molar-refractivity contribution in [3.63, 3.8) is 0 Å². The van der Waals surface area contributed by atoms with E-state index >= 15 is 0 Å². The molecular weight excluding hydrogens is 174 g/mol. The molecule has 1 N–H and O–H groups in total. The van der Waals surface area contributed by atoms with E-state index in [2.05, 4.69) is 50.1 Å². The predicted octanol–water partition coefficient (Wildman–Crippen LogP) is 0.866. The Bertz CT molecular complexity index is 136. The Kier molecular flexibility index (Phi) is 7.15. The summed E-state index contributed by atoms with van der Waals surface area (Å²) in [4.78, 5) is 4.65. The second-order valence-corrected chi connectivity index (χ2v) is 4.56. The fourth-order valence-corrected chi connectivity index (χ4v) is 1.39. The average molecular weight is 201 g/mol. The summed E-state index contributed by atoms with van der Waals surface area (Å²) < 4.78 is 0. The van der Waals surface area contributed by atoms with Gasteiger partial charge in [-0.2, -0.15) is 0 Å². The maximum atomic E-state index is 3.28. The lowest BCUT2D eigenvalue weighted by atomic mass is 10.1. The second kappa shape index (κ2) is 7.21. The molecule has 0 spiro atoms. The summed E-state index contributed by atoms with van der Waals surface area (Å²) in [5, 5.41) is 3.28. The first-order valence-corrected chi connectivity index (χ1v) is 5.49. The summed E-state index contributed by atoms with van der Waals surface area (Å²) in [6.07, 6.45) is 1.21. The Hall–Kier alpha value is -0.120. The number of nitrogens with zero attached hydrogens (tertiary/aromatic N) is 2. The Balaban J connectivity index is 3.69. The van der Waals surface area contributed by atoms with Crippen molar-refractivity contribution >= 4 is 0 Å². The van der Waals surface area contributed by atoms with Crippen LogP contribution in [0.3, 0.4) is 0 Å². The molecule has 86 valence electrons. The van der Waals surface area contributed by atoms with Crippen LogP contribution in [0.2, 0.25) is 0 Å². The molecule has 3 nitrogen and oxygen atoms in total. The summed E-state index contributed by atoms with van der Waals surface area (Å²) in [6.45, 7) is 6.80. The van der Waals surface area contributed by atoms with Crippen LogP contribution in [0, 0.1) is 0 Å². The van der Waals surface area contributed by atoms with Gasteiger partial charge in [-0.15, -0.1) is 0 Å². The highest BCUT2D eigenvalue weighted by Crippen LogP contribution is 2.04. The molecule has 0 rings (SSSR count). The number of rotatable bonds is 7. The van der Waals surface area contributed by atoms with Crippen LogP contribution in [0.4, 0.5) is 0 Å². The zero-order valence-electron chi connectivity index (χ0n) is 10.7. The molecule has 0 radical (unpaired) electrons. The van der Waals surface area contributed by atoms with Crippen LogP contribution in [0.25, 0.3) is 0 Å². The molecular formula is C11H27N3. The van der Waals surface area contributed by atoms with Gasteiger partial charge in [0.1, 0.15) is 0 Å². The SMILES string of the molecule is CNC(C)CC(C)N(C)CCN(C)C. The van der Waals surface area contributed by atoms with Crippen molar-refractivity contribution in [1.29, 1.82) is 0 Å². The maximum absolute atomic E-state index is 3.28. The van der Waals surface area contributed by atoms with Gasteiger partial charge in [0.2, 0.25) is 0 Å². The highest BCUT2D eigenvalue weighted by molar-refractivity contribution is 4.70. The fourth-order valence-electron chi connectivity index (χ4n) is 1.39. The zero-order chi connectivity index (χ0) is 11.1. The molecule has 0 aromatic carbocycles. The van der Waals surface area contributed by atoms with Gasteiger partial charge in [-0.05, 0) is 48.5 Å². The van der Waals surface area contributed by atoms with E-state index in [-0.39, 0.29) is 0 Å². The molecule has 14 heavy (non-hydrogen) atoms. The minimum atomic E-state index is 0.604. The first kappa shape index (κ1) is 13.9. The van der Waals surface area contributed by atoms with Gasteiger partial charge in [0.05, 0.1) is 0 Å². The molecule has 0 saturated carbocycles. The minimum Gasteiger partial charge on any atom is -0.317 e. The van der Waals surface area contributed by atoms with Crippen LogP contribution in [0.5, 0.6) is 0 Å². The molecule has 0 saturated heterocycles. The lowest BCUT2D eigenvalue weighted by Crippen LogP contribution is -2.38. The smallest absolute Gasteiger partial charge is 0.0109 e. The van der Waals surface area contributed by atoms with Gasteiger partial charge in [-0.25, -0.2) is 0 Å². The molecule has 0 aromatic rings. The largest absolute Gasteiger partial charge is 0.317 e. The van der Waals surface area contributed by atoms with Gasteiger partial charge >= 0.3 is 0 Å². The van der Waals surface area contributed by atoms with Crippen molar-refractivity contribution in [1.82, 2.24) is 15.1 Å². The molecule has 0 aliphatic rings. The minimum absolute atomic E-state index is 0.604. The van der Waals surface area contributed by atoms with Crippen molar-refractivity contribution in [3.8, 4) is 0 Å². The Morgan fingerprint density at radius 3 is 2.07 bits per heavy atom. The predicted molar refractivity (Wildman–Crippen MR) is 63.8 cm³/mol. The monoisotopic (exact) mass is 201 g/mol. The van der Waals surface area contributed by atoms with Gasteiger partial charge in [0, 0.05) is 25.2 Å². The topological polar surface area (TPSA) is 18.5 Å². The summed E-state index contributed by atoms with van der Waals surface area (Å²) in [7, 11) is 8.47. The average Bonchev–Trinajstić information content (AvgIpc) is 2.13. The van der Waals surface area contributed by atoms with Gasteiger partial charge in [-0.3, -0.25) is 0 Å². The lowest BCUT2D eigenvalue weighted by Gasteiger charge is -2.28. The summed E-state index contributed by atoms with van der Waals surface area (Å²) in [5.74, 6) is 0. The second-order valence-electron chi connectivity index (χ2n) is 4.56. The van der Waals surface area contributed by atoms with E-state index in [1.54, 1.807) is 0 Å². The normalized spacial score (nSPS) is 16.3. The third kappa shape index (κ3) is 6.35. The number of hydrogen-bond donors (Lipinski definition) is 1. The van der Waals surface area contributed by atoms with Crippen LogP contribution in [0.15, 0.2) is 0 Å². The van der Waals surface area contributed by atoms with Crippen molar-refractivity contribution in [3.05, 3.63) is 0 Å². The van der Waals surface area contributed by atoms with E-state index in [1.165, 1.54) is 6.42 Å². The molecule has 0 aliphatic carbocycles. The van der Waals surface area contributed by atoms with Crippen molar-refractivity contribution in [2.75, 3.05) is 41.3 Å². The molecule has 3 heteroatoms. The van der Waals surface area contributed by atoms with Crippen LogP contribution in [0.1, 0.15) is 20.3 Å². The van der Waals surface area contributed by atoms with E-state index in [0.29, 0.717) is 12.1 Å². The van der Waals surface area contributed by atoms with Crippen LogP contribution >= 0.6 is 0 Å². The van der Waals surface area contributed by atoms with E-state index in [4.69, 9.17) is 0 Å². The third-order valence-corrected chi connectivity index (χ3v) is 2.84. The van der Waals surface area contributed by atoms with E-state index in [0.717, 1.165) is 13.1 Å². The highest BCUT2D eigenvalue weighted by atomic mass is 15.2. The van der Waals surface area contributed by atoms with E-state index in [9.17, 15) is 0 Å². The van der Waals surface area contributed by atoms with Crippen LogP contribution in [-0.4, -0.2) is 63.2 Å². The first-order chi connectivity index (χ1) is 6.47. The van der Waals surface area contributed by atoms with Crippen LogP contribution < -0.4 is 5.32 Å². The van der Waals surface area contributed by atoms with Gasteiger partial charge in [0.15, 0.2) is 0 Å². The van der Waals surface area contributed by atoms with Crippen molar-refractivity contribution in [2.45, 2.75) is 32.4 Å². The fraction of sp³-hybridized carbons (Fsp3) is 1.00. The summed E-state index contributed by atoms with van der Waals surface area (Å²) >= 11 is 0. The van der Waals surface area contributed by atoms with E-state index < -0.39 is 0 Å². The third-order valence-electron chi connectivity index (χ3n) is 2.84. The Morgan fingerprint density at radius 1 is 1.07 bits per heavy atom. The van der Waals surface area contributed by atoms with Crippen molar-refractivity contribution in [2.24, 2.45) is 0 Å². The molecule has 0 heterocycles. The van der Waals surface area contributed by atoms with Crippen LogP contribution in [-0.2, 0) is 0 Å². The van der Waals surface area contributed by atoms with Crippen molar-refractivity contribution < 1.29 is 0 Å². The van der Waals surface area contributed by atoms with E-state index in [1.807, 2.05) is 7.05 Å². The molecule has 0 bridgehead atoms. The molecule has 0 fully saturated rings. The number of hydrogen-bond acceptors (Lipinski definition) is 3. The number of nitrogens with one attached hydrogen (secondary N) is 1. The molecule has 0 aliphatic heterocycles. The quantitative estimate of drug-likeness (QED) is 0.659. The highest BCUT2D eigenvalue weighted by Gasteiger charge is 2.11. The first-order valence-electron chi connectivity index (χ1n) is 5.49. The summed E-state index contributed by atoms with van der Waals surface area (Å²) in [5.41, 5.74) is 0. The molecule has 0 amide bonds. The van der Waals surface area contributed by atoms with Gasteiger partial charge in [-0.1, -0.05) is 0 Å². The number of likely N-dealkylation sites (N-methyl/N-ethyl adjacent to an activating group) is 2. The van der Waals surface area contributed by atoms with Gasteiger partial charge in [0.25, 0.3) is 0 Å². The standard InChI is InChI=1S/C11H27N3/c1-10(12-3)9-11(2)14(6)8-7-13(4)5/h10-12H,7-9H2,1-6H3. The summed E-state index contributed by atoms with van der Waals surface area (Å²) in [6, 6.07) is 1.25. The van der Waals surface area contributed by atoms with Gasteiger partial charge < -0.3 is 15.1 Å². The molecule has 2 atom stereocenters.